The number of rotatable bonds is 2. The molecule has 1 aromatic carbocycles. The third-order valence-corrected chi connectivity index (χ3v) is 3.14. The van der Waals surface area contributed by atoms with E-state index in [0.717, 1.165) is 11.3 Å². The lowest BCUT2D eigenvalue weighted by Gasteiger charge is -2.09. The molecular formula is C13H14FN5. The van der Waals surface area contributed by atoms with E-state index in [1.807, 2.05) is 6.07 Å². The molecule has 19 heavy (non-hydrogen) atoms. The maximum Gasteiger partial charge on any atom is 0.169 e. The van der Waals surface area contributed by atoms with Crippen LogP contribution < -0.4 is 22.1 Å². The number of hydrogen-bond donors (Lipinski definition) is 4. The quantitative estimate of drug-likeness (QED) is 0.663. The Bertz CT molecular complexity index is 641. The van der Waals surface area contributed by atoms with Gasteiger partial charge in [0.1, 0.15) is 11.6 Å². The van der Waals surface area contributed by atoms with Gasteiger partial charge in [-0.25, -0.2) is 9.37 Å². The zero-order valence-corrected chi connectivity index (χ0v) is 10.4. The highest BCUT2D eigenvalue weighted by Gasteiger charge is 2.17. The number of aryl methyl sites for hydroxylation is 1. The van der Waals surface area contributed by atoms with E-state index in [9.17, 15) is 4.39 Å². The molecule has 1 aromatic heterocycles. The van der Waals surface area contributed by atoms with Crippen molar-refractivity contribution in [2.45, 2.75) is 13.3 Å². The number of hydrogen-bond acceptors (Lipinski definition) is 5. The van der Waals surface area contributed by atoms with Gasteiger partial charge in [-0.1, -0.05) is 18.2 Å². The van der Waals surface area contributed by atoms with Crippen molar-refractivity contribution in [2.24, 2.45) is 0 Å². The number of halogens is 1. The number of fused-ring (bicyclic) bond motifs is 1. The molecule has 0 unspecified atom stereocenters. The summed E-state index contributed by atoms with van der Waals surface area (Å²) in [6, 6.07) is 7.14. The second-order valence-electron chi connectivity index (χ2n) is 4.53. The number of aromatic nitrogens is 1. The minimum atomic E-state index is -0.175. The van der Waals surface area contributed by atoms with Gasteiger partial charge in [-0.3, -0.25) is 5.43 Å². The molecule has 1 aliphatic heterocycles. The third-order valence-electron chi connectivity index (χ3n) is 3.14. The van der Waals surface area contributed by atoms with Crippen LogP contribution in [0.15, 0.2) is 24.3 Å². The summed E-state index contributed by atoms with van der Waals surface area (Å²) >= 11 is 0. The van der Waals surface area contributed by atoms with Crippen LogP contribution in [0.2, 0.25) is 0 Å². The largest absolute Gasteiger partial charge is 0.384 e. The molecule has 0 aliphatic carbocycles. The zero-order chi connectivity index (χ0) is 13.4. The third kappa shape index (κ3) is 2.06. The minimum Gasteiger partial charge on any atom is -0.384 e. The summed E-state index contributed by atoms with van der Waals surface area (Å²) < 4.78 is 14.0. The second kappa shape index (κ2) is 4.40. The van der Waals surface area contributed by atoms with Crippen molar-refractivity contribution in [3.05, 3.63) is 46.8 Å². The average Bonchev–Trinajstić information content (AvgIpc) is 2.83. The number of nitrogens with zero attached hydrogens (tertiary/aromatic N) is 1. The van der Waals surface area contributed by atoms with Crippen LogP contribution in [0.3, 0.4) is 0 Å². The molecule has 2 aromatic rings. The van der Waals surface area contributed by atoms with E-state index in [0.29, 0.717) is 29.2 Å². The van der Waals surface area contributed by atoms with Crippen LogP contribution in [-0.2, 0) is 6.42 Å². The monoisotopic (exact) mass is 259 g/mol. The molecule has 0 saturated heterocycles. The lowest BCUT2D eigenvalue weighted by Crippen LogP contribution is -2.19. The maximum atomic E-state index is 14.0. The molecule has 0 spiro atoms. The summed E-state index contributed by atoms with van der Waals surface area (Å²) in [5, 5.41) is 0. The Balaban J connectivity index is 2.02. The van der Waals surface area contributed by atoms with Gasteiger partial charge in [0.05, 0.1) is 5.69 Å². The minimum absolute atomic E-state index is 0.175. The van der Waals surface area contributed by atoms with Gasteiger partial charge in [0.25, 0.3) is 0 Å². The Kier molecular flexibility index (Phi) is 2.72. The first-order valence-electron chi connectivity index (χ1n) is 5.95. The van der Waals surface area contributed by atoms with E-state index in [1.165, 1.54) is 0 Å². The van der Waals surface area contributed by atoms with E-state index >= 15 is 0 Å². The molecule has 0 atom stereocenters. The van der Waals surface area contributed by atoms with Crippen LogP contribution in [0.25, 0.3) is 0 Å². The molecule has 0 amide bonds. The molecule has 98 valence electrons. The molecule has 0 saturated carbocycles. The molecule has 5 N–H and O–H groups in total. The normalized spacial score (nSPS) is 12.7. The maximum absolute atomic E-state index is 14.0. The molecule has 1 aliphatic rings. The Morgan fingerprint density at radius 2 is 2.11 bits per heavy atom. The zero-order valence-electron chi connectivity index (χ0n) is 10.4. The van der Waals surface area contributed by atoms with Crippen molar-refractivity contribution in [1.82, 2.24) is 10.5 Å². The Morgan fingerprint density at radius 1 is 1.26 bits per heavy atom. The molecule has 5 nitrogen and oxygen atoms in total. The summed E-state index contributed by atoms with van der Waals surface area (Å²) in [5.74, 6) is 0.855. The van der Waals surface area contributed by atoms with E-state index in [2.05, 4.69) is 21.4 Å². The Labute approximate surface area is 110 Å². The van der Waals surface area contributed by atoms with Gasteiger partial charge in [0.15, 0.2) is 5.82 Å². The van der Waals surface area contributed by atoms with Crippen molar-refractivity contribution >= 4 is 17.3 Å². The highest BCUT2D eigenvalue weighted by atomic mass is 19.1. The topological polar surface area (TPSA) is 75.0 Å². The number of hydrazine groups is 2. The van der Waals surface area contributed by atoms with Crippen LogP contribution in [0.5, 0.6) is 0 Å². The lowest BCUT2D eigenvalue weighted by molar-refractivity contribution is 0.605. The van der Waals surface area contributed by atoms with Crippen molar-refractivity contribution in [3.8, 4) is 0 Å². The summed E-state index contributed by atoms with van der Waals surface area (Å²) in [6.07, 6.45) is 0.457. The second-order valence-corrected chi connectivity index (χ2v) is 4.53. The van der Waals surface area contributed by atoms with Gasteiger partial charge in [0, 0.05) is 6.42 Å². The first-order valence-corrected chi connectivity index (χ1v) is 5.95. The average molecular weight is 259 g/mol. The molecular weight excluding hydrogens is 245 g/mol. The fourth-order valence-corrected chi connectivity index (χ4v) is 2.19. The van der Waals surface area contributed by atoms with Crippen molar-refractivity contribution in [3.63, 3.8) is 0 Å². The number of anilines is 3. The van der Waals surface area contributed by atoms with Crippen molar-refractivity contribution in [1.29, 1.82) is 0 Å². The predicted molar refractivity (Wildman–Crippen MR) is 73.0 cm³/mol. The number of nitrogens with one attached hydrogen (secondary N) is 3. The number of benzene rings is 1. The number of nitrogen functional groups attached to an aromatic ring is 1. The standard InChI is InChI=1S/C13H14FN5/c1-7-3-2-4-8(11(7)14)5-9-6-10(15)16-13-12(9)17-19-18-13/h2-4,6,17,19H,5H2,1H3,(H3,15,16,18). The van der Waals surface area contributed by atoms with Crippen molar-refractivity contribution in [2.75, 3.05) is 16.6 Å². The van der Waals surface area contributed by atoms with E-state index < -0.39 is 0 Å². The fourth-order valence-electron chi connectivity index (χ4n) is 2.19. The Hall–Kier alpha value is -2.34. The van der Waals surface area contributed by atoms with Crippen LogP contribution in [-0.4, -0.2) is 4.98 Å². The van der Waals surface area contributed by atoms with Gasteiger partial charge in [-0.2, -0.15) is 0 Å². The highest BCUT2D eigenvalue weighted by molar-refractivity contribution is 5.74. The SMILES string of the molecule is Cc1cccc(Cc2cc(N)nc3c2NNN3)c1F. The van der Waals surface area contributed by atoms with E-state index in [4.69, 9.17) is 5.73 Å². The van der Waals surface area contributed by atoms with Crippen LogP contribution >= 0.6 is 0 Å². The molecule has 3 rings (SSSR count). The predicted octanol–water partition coefficient (Wildman–Crippen LogP) is 1.96. The Morgan fingerprint density at radius 3 is 2.95 bits per heavy atom. The first kappa shape index (κ1) is 11.7. The lowest BCUT2D eigenvalue weighted by atomic mass is 10.0. The van der Waals surface area contributed by atoms with Crippen LogP contribution in [0, 0.1) is 12.7 Å². The molecule has 0 bridgehead atoms. The van der Waals surface area contributed by atoms with Gasteiger partial charge >= 0.3 is 0 Å². The van der Waals surface area contributed by atoms with E-state index in [1.54, 1.807) is 25.1 Å². The van der Waals surface area contributed by atoms with Crippen LogP contribution in [0.4, 0.5) is 21.7 Å². The summed E-state index contributed by atoms with van der Waals surface area (Å²) in [6.45, 7) is 1.76. The fraction of sp³-hybridized carbons (Fsp3) is 0.154. The molecule has 0 fully saturated rings. The number of pyridine rings is 1. The first-order chi connectivity index (χ1) is 9.15. The number of nitrogens with two attached hydrogens (primary N) is 1. The molecule has 6 heteroatoms. The summed E-state index contributed by atoms with van der Waals surface area (Å²) in [7, 11) is 0. The van der Waals surface area contributed by atoms with Crippen LogP contribution in [0.1, 0.15) is 16.7 Å². The van der Waals surface area contributed by atoms with Gasteiger partial charge in [-0.15, -0.1) is 5.53 Å². The van der Waals surface area contributed by atoms with E-state index in [-0.39, 0.29) is 5.82 Å². The van der Waals surface area contributed by atoms with Gasteiger partial charge in [-0.05, 0) is 29.7 Å². The molecule has 2 heterocycles. The molecule has 0 radical (unpaired) electrons. The van der Waals surface area contributed by atoms with Crippen molar-refractivity contribution < 1.29 is 4.39 Å². The summed E-state index contributed by atoms with van der Waals surface area (Å²) in [4.78, 5) is 4.14. The summed E-state index contributed by atoms with van der Waals surface area (Å²) in [5.41, 5.74) is 17.3. The smallest absolute Gasteiger partial charge is 0.169 e. The van der Waals surface area contributed by atoms with Gasteiger partial charge in [0.2, 0.25) is 0 Å². The van der Waals surface area contributed by atoms with Gasteiger partial charge < -0.3 is 11.2 Å². The highest BCUT2D eigenvalue weighted by Crippen LogP contribution is 2.30.